The number of carbonyl (C=O) groups excluding carboxylic acids is 5. The summed E-state index contributed by atoms with van der Waals surface area (Å²) in [6.07, 6.45) is -1.43. The zero-order chi connectivity index (χ0) is 21.8. The lowest BCUT2D eigenvalue weighted by atomic mass is 10.1. The topological polar surface area (TPSA) is 107 Å². The Morgan fingerprint density at radius 1 is 1.04 bits per heavy atom. The number of amides is 1. The molecule has 0 aliphatic carbocycles. The van der Waals surface area contributed by atoms with Gasteiger partial charge in [-0.15, -0.1) is 0 Å². The molecule has 0 saturated heterocycles. The standard InChI is InChI=1S/C15H10Cl2I3NO7/c1-5(22)27-4-9(28-6(2)23)15(26)21(20)8-3-7(13(16)24)11(18)10(12(8)19)14(17)25/h3,9H,4H2,1-2H3. The summed E-state index contributed by atoms with van der Waals surface area (Å²) in [4.78, 5) is 58.7. The second-order valence-corrected chi connectivity index (χ2v) is 8.82. The van der Waals surface area contributed by atoms with Gasteiger partial charge in [-0.3, -0.25) is 24.0 Å². The molecule has 1 atom stereocenters. The number of nitrogens with zero attached hydrogens (tertiary/aromatic N) is 1. The minimum Gasteiger partial charge on any atom is -0.461 e. The summed E-state index contributed by atoms with van der Waals surface area (Å²) in [7, 11) is 0. The van der Waals surface area contributed by atoms with Crippen molar-refractivity contribution in [3.8, 4) is 0 Å². The maximum atomic E-state index is 12.8. The summed E-state index contributed by atoms with van der Waals surface area (Å²) in [5, 5.41) is -1.70. The van der Waals surface area contributed by atoms with E-state index in [1.54, 1.807) is 68.0 Å². The van der Waals surface area contributed by atoms with Gasteiger partial charge in [-0.1, -0.05) is 0 Å². The van der Waals surface area contributed by atoms with E-state index in [9.17, 15) is 24.0 Å². The van der Waals surface area contributed by atoms with Crippen LogP contribution in [0.5, 0.6) is 0 Å². The Hall–Kier alpha value is -0.260. The molecule has 0 aliphatic rings. The Morgan fingerprint density at radius 3 is 2.04 bits per heavy atom. The third kappa shape index (κ3) is 6.63. The molecular weight excluding hydrogens is 758 g/mol. The number of ether oxygens (including phenoxy) is 2. The number of hydrogen-bond acceptors (Lipinski definition) is 7. The average molecular weight is 768 g/mol. The molecule has 0 radical (unpaired) electrons. The van der Waals surface area contributed by atoms with Crippen molar-refractivity contribution >= 4 is 125 Å². The Kier molecular flexibility index (Phi) is 10.3. The monoisotopic (exact) mass is 767 g/mol. The van der Waals surface area contributed by atoms with Crippen LogP contribution in [0.2, 0.25) is 0 Å². The zero-order valence-corrected chi connectivity index (χ0v) is 22.0. The summed E-state index contributed by atoms with van der Waals surface area (Å²) < 4.78 is 11.2. The number of carbonyl (C=O) groups is 5. The van der Waals surface area contributed by atoms with Gasteiger partial charge >= 0.3 is 11.9 Å². The lowest BCUT2D eigenvalue weighted by Gasteiger charge is -2.23. The highest BCUT2D eigenvalue weighted by Gasteiger charge is 2.32. The normalized spacial score (nSPS) is 11.4. The van der Waals surface area contributed by atoms with Crippen LogP contribution in [0.4, 0.5) is 5.69 Å². The van der Waals surface area contributed by atoms with E-state index in [1.165, 1.54) is 6.07 Å². The first-order valence-corrected chi connectivity index (χ1v) is 11.0. The maximum Gasteiger partial charge on any atom is 0.303 e. The van der Waals surface area contributed by atoms with Crippen LogP contribution in [0.15, 0.2) is 6.07 Å². The molecule has 0 bridgehead atoms. The number of anilines is 1. The van der Waals surface area contributed by atoms with E-state index < -0.39 is 41.0 Å². The molecule has 8 nitrogen and oxygen atoms in total. The fourth-order valence-electron chi connectivity index (χ4n) is 1.88. The Morgan fingerprint density at radius 2 is 1.61 bits per heavy atom. The van der Waals surface area contributed by atoms with E-state index in [1.807, 2.05) is 0 Å². The van der Waals surface area contributed by atoms with Gasteiger partial charge < -0.3 is 9.47 Å². The SMILES string of the molecule is CC(=O)OCC(OC(C)=O)C(=O)N(I)c1cc(C(=O)Cl)c(I)c(C(=O)Cl)c1I. The van der Waals surface area contributed by atoms with Crippen molar-refractivity contribution in [1.29, 1.82) is 0 Å². The quantitative estimate of drug-likeness (QED) is 0.180. The van der Waals surface area contributed by atoms with E-state index in [2.05, 4.69) is 0 Å². The summed E-state index contributed by atoms with van der Waals surface area (Å²) in [5.41, 5.74) is 0.0996. The summed E-state index contributed by atoms with van der Waals surface area (Å²) in [6.45, 7) is 1.72. The van der Waals surface area contributed by atoms with E-state index in [4.69, 9.17) is 32.7 Å². The summed E-state index contributed by atoms with van der Waals surface area (Å²) in [6, 6.07) is 1.31. The summed E-state index contributed by atoms with van der Waals surface area (Å²) >= 11 is 16.4. The van der Waals surface area contributed by atoms with Crippen molar-refractivity contribution in [1.82, 2.24) is 0 Å². The zero-order valence-electron chi connectivity index (χ0n) is 14.1. The number of halogens is 5. The van der Waals surface area contributed by atoms with E-state index in [0.29, 0.717) is 0 Å². The van der Waals surface area contributed by atoms with E-state index >= 15 is 0 Å². The third-order valence-electron chi connectivity index (χ3n) is 3.02. The first-order valence-electron chi connectivity index (χ1n) is 7.10. The lowest BCUT2D eigenvalue weighted by molar-refractivity contribution is -0.160. The van der Waals surface area contributed by atoms with Crippen molar-refractivity contribution in [3.63, 3.8) is 0 Å². The molecule has 0 aromatic heterocycles. The largest absolute Gasteiger partial charge is 0.461 e. The fraction of sp³-hybridized carbons (Fsp3) is 0.267. The highest BCUT2D eigenvalue weighted by atomic mass is 127. The van der Waals surface area contributed by atoms with Gasteiger partial charge in [0.2, 0.25) is 6.10 Å². The molecule has 1 aromatic carbocycles. The molecule has 0 saturated carbocycles. The van der Waals surface area contributed by atoms with Gasteiger partial charge in [0.25, 0.3) is 16.4 Å². The van der Waals surface area contributed by atoms with Crippen molar-refractivity contribution < 1.29 is 33.4 Å². The van der Waals surface area contributed by atoms with Crippen LogP contribution in [0, 0.1) is 7.14 Å². The molecule has 1 amide bonds. The van der Waals surface area contributed by atoms with Crippen LogP contribution in [-0.2, 0) is 23.9 Å². The number of hydrogen-bond donors (Lipinski definition) is 0. The smallest absolute Gasteiger partial charge is 0.303 e. The average Bonchev–Trinajstić information content (AvgIpc) is 2.56. The van der Waals surface area contributed by atoms with Gasteiger partial charge in [0, 0.05) is 17.4 Å². The lowest BCUT2D eigenvalue weighted by Crippen LogP contribution is -2.39. The molecule has 152 valence electrons. The highest BCUT2D eigenvalue weighted by molar-refractivity contribution is 14.1. The van der Waals surface area contributed by atoms with Crippen molar-refractivity contribution in [2.45, 2.75) is 20.0 Å². The van der Waals surface area contributed by atoms with Crippen LogP contribution in [0.1, 0.15) is 34.6 Å². The third-order valence-corrected chi connectivity index (χ3v) is 6.62. The van der Waals surface area contributed by atoms with Crippen LogP contribution in [-0.4, -0.2) is 41.0 Å². The predicted octanol–water partition coefficient (Wildman–Crippen LogP) is 3.83. The van der Waals surface area contributed by atoms with E-state index in [0.717, 1.165) is 17.0 Å². The molecule has 1 rings (SSSR count). The number of benzene rings is 1. The first kappa shape index (κ1) is 25.8. The molecular formula is C15H10Cl2I3NO7. The molecule has 1 aromatic rings. The molecule has 0 spiro atoms. The highest BCUT2D eigenvalue weighted by Crippen LogP contribution is 2.36. The molecule has 0 aliphatic heterocycles. The van der Waals surface area contributed by atoms with Crippen LogP contribution < -0.4 is 3.11 Å². The van der Waals surface area contributed by atoms with E-state index in [-0.39, 0.29) is 24.0 Å². The van der Waals surface area contributed by atoms with Gasteiger partial charge in [-0.05, 0) is 74.4 Å². The van der Waals surface area contributed by atoms with Gasteiger partial charge in [-0.25, -0.2) is 3.11 Å². The molecule has 28 heavy (non-hydrogen) atoms. The van der Waals surface area contributed by atoms with Crippen molar-refractivity contribution in [2.24, 2.45) is 0 Å². The molecule has 0 fully saturated rings. The van der Waals surface area contributed by atoms with Gasteiger partial charge in [-0.2, -0.15) is 0 Å². The second kappa shape index (κ2) is 11.2. The Labute approximate surface area is 210 Å². The van der Waals surface area contributed by atoms with Crippen LogP contribution in [0.3, 0.4) is 0 Å². The van der Waals surface area contributed by atoms with Gasteiger partial charge in [0.1, 0.15) is 6.61 Å². The van der Waals surface area contributed by atoms with Gasteiger partial charge in [0.15, 0.2) is 0 Å². The maximum absolute atomic E-state index is 12.8. The molecule has 13 heteroatoms. The first-order chi connectivity index (χ1) is 12.9. The van der Waals surface area contributed by atoms with Crippen LogP contribution >= 0.6 is 91.2 Å². The Bertz CT molecular complexity index is 863. The summed E-state index contributed by atoms with van der Waals surface area (Å²) in [5.74, 6) is -2.20. The predicted molar refractivity (Wildman–Crippen MR) is 126 cm³/mol. The second-order valence-electron chi connectivity index (χ2n) is 5.01. The minimum atomic E-state index is -1.43. The minimum absolute atomic E-state index is 0.00264. The number of rotatable bonds is 7. The molecule has 1 unspecified atom stereocenters. The van der Waals surface area contributed by atoms with Crippen molar-refractivity contribution in [2.75, 3.05) is 9.72 Å². The molecule has 0 N–H and O–H groups in total. The van der Waals surface area contributed by atoms with Crippen LogP contribution in [0.25, 0.3) is 0 Å². The van der Waals surface area contributed by atoms with Crippen molar-refractivity contribution in [3.05, 3.63) is 24.3 Å². The molecule has 0 heterocycles. The number of esters is 2. The van der Waals surface area contributed by atoms with Gasteiger partial charge in [0.05, 0.1) is 43.2 Å². The Balaban J connectivity index is 3.45. The fourth-order valence-corrected chi connectivity index (χ4v) is 6.19.